The van der Waals surface area contributed by atoms with Crippen LogP contribution in [-0.4, -0.2) is 45.6 Å². The van der Waals surface area contributed by atoms with Crippen molar-refractivity contribution in [1.82, 2.24) is 4.72 Å². The van der Waals surface area contributed by atoms with Gasteiger partial charge in [0.1, 0.15) is 0 Å². The van der Waals surface area contributed by atoms with E-state index in [1.807, 2.05) is 0 Å². The lowest BCUT2D eigenvalue weighted by molar-refractivity contribution is 0.155. The Morgan fingerprint density at radius 2 is 2.07 bits per heavy atom. The molecule has 2 N–H and O–H groups in total. The average molecular weight is 233 g/mol. The number of rotatable bonds is 7. The third-order valence-corrected chi connectivity index (χ3v) is 2.54. The van der Waals surface area contributed by atoms with Crippen molar-refractivity contribution < 1.29 is 27.0 Å². The second-order valence-corrected chi connectivity index (χ2v) is 4.27. The Morgan fingerprint density at radius 3 is 2.43 bits per heavy atom. The summed E-state index contributed by atoms with van der Waals surface area (Å²) in [5, 5.41) is 8.52. The molecule has 0 aromatic carbocycles. The molecule has 0 amide bonds. The quantitative estimate of drug-likeness (QED) is 0.623. The molecule has 5 nitrogen and oxygen atoms in total. The Balaban J connectivity index is 4.28. The van der Waals surface area contributed by atoms with Crippen molar-refractivity contribution in [2.24, 2.45) is 0 Å². The van der Waals surface area contributed by atoms with Gasteiger partial charge in [-0.25, -0.2) is 13.1 Å². The Hall–Kier alpha value is -0.310. The van der Waals surface area contributed by atoms with Crippen LogP contribution in [0.1, 0.15) is 6.42 Å². The molecule has 0 bridgehead atoms. The molecule has 0 aliphatic carbocycles. The highest BCUT2D eigenvalue weighted by Crippen LogP contribution is 2.04. The van der Waals surface area contributed by atoms with Crippen LogP contribution in [-0.2, 0) is 14.8 Å². The van der Waals surface area contributed by atoms with E-state index in [0.29, 0.717) is 0 Å². The largest absolute Gasteiger partial charge is 0.396 e. The number of sulfonamides is 1. The second kappa shape index (κ2) is 6.23. The summed E-state index contributed by atoms with van der Waals surface area (Å²) < 4.78 is 51.5. The smallest absolute Gasteiger partial charge is 0.350 e. The van der Waals surface area contributed by atoms with Crippen molar-refractivity contribution in [3.8, 4) is 0 Å². The predicted molar refractivity (Wildman–Crippen MR) is 45.4 cm³/mol. The molecule has 0 spiro atoms. The zero-order chi connectivity index (χ0) is 11.2. The van der Waals surface area contributed by atoms with Gasteiger partial charge in [-0.15, -0.1) is 0 Å². The van der Waals surface area contributed by atoms with Crippen LogP contribution in [0.3, 0.4) is 0 Å². The molecule has 0 fully saturated rings. The van der Waals surface area contributed by atoms with E-state index in [0.717, 1.165) is 0 Å². The molecule has 1 unspecified atom stereocenters. The van der Waals surface area contributed by atoms with Crippen molar-refractivity contribution in [3.63, 3.8) is 0 Å². The summed E-state index contributed by atoms with van der Waals surface area (Å²) in [7, 11) is -3.31. The van der Waals surface area contributed by atoms with E-state index >= 15 is 0 Å². The van der Waals surface area contributed by atoms with Gasteiger partial charge in [-0.1, -0.05) is 0 Å². The topological polar surface area (TPSA) is 75.6 Å². The molecule has 0 aromatic heterocycles. The van der Waals surface area contributed by atoms with Crippen LogP contribution in [0.5, 0.6) is 0 Å². The fraction of sp³-hybridized carbons (Fsp3) is 1.00. The first-order chi connectivity index (χ1) is 6.44. The van der Waals surface area contributed by atoms with Gasteiger partial charge in [0.05, 0.1) is 6.61 Å². The van der Waals surface area contributed by atoms with Crippen molar-refractivity contribution in [3.05, 3.63) is 0 Å². The fourth-order valence-electron chi connectivity index (χ4n) is 0.817. The number of nitrogens with one attached hydrogen (secondary N) is 1. The second-order valence-electron chi connectivity index (χ2n) is 2.59. The van der Waals surface area contributed by atoms with E-state index in [1.165, 1.54) is 7.11 Å². The number of methoxy groups -OCH3 is 1. The molecule has 0 heterocycles. The van der Waals surface area contributed by atoms with Gasteiger partial charge in [-0.05, 0) is 6.42 Å². The molecule has 8 heteroatoms. The molecule has 0 radical (unpaired) electrons. The summed E-state index contributed by atoms with van der Waals surface area (Å²) in [5.74, 6) is -3.47. The highest BCUT2D eigenvalue weighted by atomic mass is 32.2. The maximum Gasteiger partial charge on any atom is 0.350 e. The monoisotopic (exact) mass is 233 g/mol. The first kappa shape index (κ1) is 13.7. The highest BCUT2D eigenvalue weighted by Gasteiger charge is 2.26. The molecule has 86 valence electrons. The van der Waals surface area contributed by atoms with E-state index < -0.39 is 21.8 Å². The molecule has 0 aliphatic heterocycles. The van der Waals surface area contributed by atoms with Crippen LogP contribution in [0, 0.1) is 0 Å². The Labute approximate surface area is 81.1 Å². The molecule has 0 rings (SSSR count). The van der Waals surface area contributed by atoms with E-state index in [-0.39, 0.29) is 19.6 Å². The SMILES string of the molecule is COCC(CCO)NS(=O)(=O)C(F)F. The van der Waals surface area contributed by atoms with E-state index in [9.17, 15) is 17.2 Å². The zero-order valence-corrected chi connectivity index (χ0v) is 8.43. The summed E-state index contributed by atoms with van der Waals surface area (Å²) in [5.41, 5.74) is 0. The van der Waals surface area contributed by atoms with Gasteiger partial charge < -0.3 is 9.84 Å². The number of aliphatic hydroxyl groups excluding tert-OH is 1. The van der Waals surface area contributed by atoms with Gasteiger partial charge in [-0.2, -0.15) is 8.78 Å². The van der Waals surface area contributed by atoms with E-state index in [4.69, 9.17) is 5.11 Å². The predicted octanol–water partition coefficient (Wildman–Crippen LogP) is -0.474. The van der Waals surface area contributed by atoms with E-state index in [1.54, 1.807) is 4.72 Å². The molecule has 0 aromatic rings. The third-order valence-electron chi connectivity index (χ3n) is 1.41. The highest BCUT2D eigenvalue weighted by molar-refractivity contribution is 7.89. The number of aliphatic hydroxyl groups is 1. The molecule has 14 heavy (non-hydrogen) atoms. The summed E-state index contributed by atoms with van der Waals surface area (Å²) in [4.78, 5) is 0. The molecular formula is C6H13F2NO4S. The minimum atomic E-state index is -4.62. The van der Waals surface area contributed by atoms with Gasteiger partial charge in [-0.3, -0.25) is 0 Å². The van der Waals surface area contributed by atoms with Gasteiger partial charge in [0.2, 0.25) is 0 Å². The average Bonchev–Trinajstić information content (AvgIpc) is 2.04. The Morgan fingerprint density at radius 1 is 1.50 bits per heavy atom. The van der Waals surface area contributed by atoms with Crippen LogP contribution < -0.4 is 4.72 Å². The first-order valence-corrected chi connectivity index (χ1v) is 5.37. The fourth-order valence-corrected chi connectivity index (χ4v) is 1.57. The molecular weight excluding hydrogens is 220 g/mol. The van der Waals surface area contributed by atoms with Crippen molar-refractivity contribution in [2.75, 3.05) is 20.3 Å². The summed E-state index contributed by atoms with van der Waals surface area (Å²) in [6.07, 6.45) is 0.0276. The minimum absolute atomic E-state index is 0.0276. The number of alkyl halides is 2. The van der Waals surface area contributed by atoms with Crippen LogP contribution in [0.15, 0.2) is 0 Å². The lowest BCUT2D eigenvalue weighted by atomic mass is 10.2. The van der Waals surface area contributed by atoms with Crippen LogP contribution in [0.2, 0.25) is 0 Å². The molecule has 0 saturated heterocycles. The van der Waals surface area contributed by atoms with Crippen LogP contribution in [0.25, 0.3) is 0 Å². The van der Waals surface area contributed by atoms with Gasteiger partial charge in [0, 0.05) is 19.8 Å². The first-order valence-electron chi connectivity index (χ1n) is 3.83. The minimum Gasteiger partial charge on any atom is -0.396 e. The maximum atomic E-state index is 11.9. The molecule has 1 atom stereocenters. The summed E-state index contributed by atoms with van der Waals surface area (Å²) in [6, 6.07) is -0.830. The van der Waals surface area contributed by atoms with E-state index in [2.05, 4.69) is 4.74 Å². The number of hydrogen-bond donors (Lipinski definition) is 2. The molecule has 0 aliphatic rings. The Bertz CT molecular complexity index is 238. The number of ether oxygens (including phenoxy) is 1. The number of hydrogen-bond acceptors (Lipinski definition) is 4. The maximum absolute atomic E-state index is 11.9. The Kier molecular flexibility index (Phi) is 6.09. The van der Waals surface area contributed by atoms with Crippen LogP contribution >= 0.6 is 0 Å². The standard InChI is InChI=1S/C6H13F2NO4S/c1-13-4-5(2-3-10)9-14(11,12)6(7)8/h5-6,9-10H,2-4H2,1H3. The normalized spacial score (nSPS) is 14.6. The third kappa shape index (κ3) is 4.80. The lowest BCUT2D eigenvalue weighted by Crippen LogP contribution is -2.41. The van der Waals surface area contributed by atoms with Crippen molar-refractivity contribution in [2.45, 2.75) is 18.2 Å². The van der Waals surface area contributed by atoms with Gasteiger partial charge >= 0.3 is 5.76 Å². The number of halogens is 2. The summed E-state index contributed by atoms with van der Waals surface area (Å²) >= 11 is 0. The van der Waals surface area contributed by atoms with Crippen molar-refractivity contribution >= 4 is 10.0 Å². The zero-order valence-electron chi connectivity index (χ0n) is 7.61. The van der Waals surface area contributed by atoms with Gasteiger partial charge in [0.25, 0.3) is 10.0 Å². The van der Waals surface area contributed by atoms with Crippen LogP contribution in [0.4, 0.5) is 8.78 Å². The summed E-state index contributed by atoms with van der Waals surface area (Å²) in [6.45, 7) is -0.369. The van der Waals surface area contributed by atoms with Crippen molar-refractivity contribution in [1.29, 1.82) is 0 Å². The lowest BCUT2D eigenvalue weighted by Gasteiger charge is -2.16. The molecule has 0 saturated carbocycles. The van der Waals surface area contributed by atoms with Gasteiger partial charge in [0.15, 0.2) is 0 Å².